The van der Waals surface area contributed by atoms with E-state index < -0.39 is 17.1 Å². The van der Waals surface area contributed by atoms with E-state index in [4.69, 9.17) is 4.74 Å². The third-order valence-electron chi connectivity index (χ3n) is 3.65. The molecule has 1 atom stereocenters. The molecule has 1 unspecified atom stereocenters. The molecule has 1 aliphatic heterocycles. The lowest BCUT2D eigenvalue weighted by molar-refractivity contribution is 0.0699. The molecule has 0 spiro atoms. The van der Waals surface area contributed by atoms with Crippen molar-refractivity contribution in [2.24, 2.45) is 0 Å². The van der Waals surface area contributed by atoms with E-state index in [1.165, 1.54) is 10.6 Å². The monoisotopic (exact) mass is 290 g/mol. The van der Waals surface area contributed by atoms with Crippen molar-refractivity contribution in [1.82, 2.24) is 9.55 Å². The highest BCUT2D eigenvalue weighted by Gasteiger charge is 2.20. The van der Waals surface area contributed by atoms with Crippen molar-refractivity contribution >= 4 is 17.0 Å². The minimum atomic E-state index is -1.15. The summed E-state index contributed by atoms with van der Waals surface area (Å²) < 4.78 is 6.79. The molecule has 110 valence electrons. The molecule has 1 aliphatic rings. The lowest BCUT2D eigenvalue weighted by Crippen LogP contribution is -2.38. The smallest absolute Gasteiger partial charge is 0.337 e. The van der Waals surface area contributed by atoms with E-state index in [9.17, 15) is 19.5 Å². The van der Waals surface area contributed by atoms with Crippen LogP contribution in [0.2, 0.25) is 0 Å². The van der Waals surface area contributed by atoms with Gasteiger partial charge in [0, 0.05) is 6.61 Å². The van der Waals surface area contributed by atoms with Crippen LogP contribution in [-0.4, -0.2) is 33.3 Å². The molecular weight excluding hydrogens is 276 g/mol. The number of nitrogens with one attached hydrogen (secondary N) is 1. The average molecular weight is 290 g/mol. The highest BCUT2D eigenvalue weighted by atomic mass is 16.5. The fourth-order valence-corrected chi connectivity index (χ4v) is 2.65. The zero-order chi connectivity index (χ0) is 15.0. The molecule has 0 radical (unpaired) electrons. The van der Waals surface area contributed by atoms with Crippen molar-refractivity contribution in [3.8, 4) is 0 Å². The largest absolute Gasteiger partial charge is 0.478 e. The Hall–Kier alpha value is -2.41. The number of hydrogen-bond donors (Lipinski definition) is 2. The Kier molecular flexibility index (Phi) is 3.34. The quantitative estimate of drug-likeness (QED) is 0.805. The SMILES string of the molecule is O=C(O)c1cccc2c1[nH]c(=O)c(=O)n2CC1CCCO1. The van der Waals surface area contributed by atoms with Crippen molar-refractivity contribution in [1.29, 1.82) is 0 Å². The standard InChI is InChI=1S/C14H14N2O5/c17-12-13(18)16(7-8-3-2-6-21-8)10-5-1-4-9(14(19)20)11(10)15-12/h1,4-5,8H,2-3,6-7H2,(H,15,17)(H,19,20). The molecule has 1 aromatic heterocycles. The molecule has 0 amide bonds. The molecule has 1 saturated heterocycles. The molecule has 2 aromatic rings. The van der Waals surface area contributed by atoms with Gasteiger partial charge >= 0.3 is 17.1 Å². The molecule has 0 bridgehead atoms. The van der Waals surface area contributed by atoms with E-state index in [0.717, 1.165) is 12.8 Å². The van der Waals surface area contributed by atoms with Crippen molar-refractivity contribution in [2.75, 3.05) is 6.61 Å². The molecule has 21 heavy (non-hydrogen) atoms. The Bertz CT molecular complexity index is 814. The molecule has 2 heterocycles. The first-order valence-corrected chi connectivity index (χ1v) is 6.68. The number of carboxylic acids is 1. The predicted molar refractivity (Wildman–Crippen MR) is 74.8 cm³/mol. The van der Waals surface area contributed by atoms with Gasteiger partial charge in [0.1, 0.15) is 0 Å². The molecular formula is C14H14N2O5. The third-order valence-corrected chi connectivity index (χ3v) is 3.65. The minimum Gasteiger partial charge on any atom is -0.478 e. The summed E-state index contributed by atoms with van der Waals surface area (Å²) in [6.07, 6.45) is 1.61. The number of carboxylic acid groups (broad SMARTS) is 1. The molecule has 0 aliphatic carbocycles. The topological polar surface area (TPSA) is 101 Å². The number of fused-ring (bicyclic) bond motifs is 1. The predicted octanol–water partition coefficient (Wildman–Crippen LogP) is 0.567. The fourth-order valence-electron chi connectivity index (χ4n) is 2.65. The first kappa shape index (κ1) is 13.6. The summed E-state index contributed by atoms with van der Waals surface area (Å²) in [6.45, 7) is 0.892. The number of hydrogen-bond acceptors (Lipinski definition) is 4. The molecule has 1 fully saturated rings. The zero-order valence-electron chi connectivity index (χ0n) is 11.2. The number of ether oxygens (including phenoxy) is 1. The number of aromatic amines is 1. The van der Waals surface area contributed by atoms with Gasteiger partial charge in [-0.1, -0.05) is 6.07 Å². The van der Waals surface area contributed by atoms with Gasteiger partial charge in [0.05, 0.1) is 29.2 Å². The summed E-state index contributed by atoms with van der Waals surface area (Å²) in [5, 5.41) is 9.18. The Labute approximate surface area is 118 Å². The second kappa shape index (κ2) is 5.17. The van der Waals surface area contributed by atoms with Crippen LogP contribution in [0.25, 0.3) is 11.0 Å². The minimum absolute atomic E-state index is 0.0364. The maximum absolute atomic E-state index is 12.1. The average Bonchev–Trinajstić information content (AvgIpc) is 2.96. The summed E-state index contributed by atoms with van der Waals surface area (Å²) >= 11 is 0. The first-order chi connectivity index (χ1) is 10.1. The van der Waals surface area contributed by atoms with E-state index in [1.54, 1.807) is 12.1 Å². The van der Waals surface area contributed by atoms with Crippen LogP contribution in [0.1, 0.15) is 23.2 Å². The van der Waals surface area contributed by atoms with Gasteiger partial charge in [0.25, 0.3) is 0 Å². The van der Waals surface area contributed by atoms with E-state index in [-0.39, 0.29) is 23.7 Å². The number of aromatic nitrogens is 2. The number of nitrogens with zero attached hydrogens (tertiary/aromatic N) is 1. The van der Waals surface area contributed by atoms with Crippen molar-refractivity contribution in [3.63, 3.8) is 0 Å². The molecule has 2 N–H and O–H groups in total. The molecule has 1 aromatic carbocycles. The summed E-state index contributed by atoms with van der Waals surface area (Å²) in [5.41, 5.74) is -0.997. The van der Waals surface area contributed by atoms with Crippen LogP contribution in [0.3, 0.4) is 0 Å². The number of benzene rings is 1. The fraction of sp³-hybridized carbons (Fsp3) is 0.357. The van der Waals surface area contributed by atoms with Gasteiger partial charge in [-0.05, 0) is 25.0 Å². The number of carbonyl (C=O) groups is 1. The van der Waals surface area contributed by atoms with E-state index >= 15 is 0 Å². The van der Waals surface area contributed by atoms with Gasteiger partial charge in [0.2, 0.25) is 0 Å². The van der Waals surface area contributed by atoms with Gasteiger partial charge in [-0.2, -0.15) is 0 Å². The van der Waals surface area contributed by atoms with Crippen LogP contribution in [0.5, 0.6) is 0 Å². The second-order valence-electron chi connectivity index (χ2n) is 5.01. The third kappa shape index (κ3) is 2.36. The van der Waals surface area contributed by atoms with Crippen molar-refractivity contribution in [3.05, 3.63) is 44.5 Å². The van der Waals surface area contributed by atoms with E-state index in [0.29, 0.717) is 12.1 Å². The van der Waals surface area contributed by atoms with Gasteiger partial charge in [-0.15, -0.1) is 0 Å². The number of aromatic carboxylic acids is 1. The Morgan fingerprint density at radius 2 is 2.24 bits per heavy atom. The maximum Gasteiger partial charge on any atom is 0.337 e. The van der Waals surface area contributed by atoms with Crippen LogP contribution < -0.4 is 11.1 Å². The second-order valence-corrected chi connectivity index (χ2v) is 5.01. The lowest BCUT2D eigenvalue weighted by Gasteiger charge is -2.14. The van der Waals surface area contributed by atoms with Crippen LogP contribution in [-0.2, 0) is 11.3 Å². The van der Waals surface area contributed by atoms with Crippen LogP contribution >= 0.6 is 0 Å². The van der Waals surface area contributed by atoms with Gasteiger partial charge in [-0.3, -0.25) is 14.2 Å². The van der Waals surface area contributed by atoms with Crippen LogP contribution in [0.15, 0.2) is 27.8 Å². The first-order valence-electron chi connectivity index (χ1n) is 6.68. The summed E-state index contributed by atoms with van der Waals surface area (Å²) in [6, 6.07) is 4.56. The normalized spacial score (nSPS) is 18.2. The van der Waals surface area contributed by atoms with Gasteiger partial charge in [0.15, 0.2) is 0 Å². The molecule has 7 nitrogen and oxygen atoms in total. The van der Waals surface area contributed by atoms with E-state index in [1.807, 2.05) is 0 Å². The van der Waals surface area contributed by atoms with Crippen LogP contribution in [0.4, 0.5) is 0 Å². The highest BCUT2D eigenvalue weighted by molar-refractivity contribution is 6.00. The summed E-state index contributed by atoms with van der Waals surface area (Å²) in [4.78, 5) is 37.4. The van der Waals surface area contributed by atoms with Gasteiger partial charge < -0.3 is 14.8 Å². The Balaban J connectivity index is 2.24. The molecule has 7 heteroatoms. The molecule has 3 rings (SSSR count). The lowest BCUT2D eigenvalue weighted by atomic mass is 10.1. The number of H-pyrrole nitrogens is 1. The van der Waals surface area contributed by atoms with Crippen molar-refractivity contribution < 1.29 is 14.6 Å². The maximum atomic E-state index is 12.1. The van der Waals surface area contributed by atoms with Crippen LogP contribution in [0, 0.1) is 0 Å². The zero-order valence-corrected chi connectivity index (χ0v) is 11.2. The van der Waals surface area contributed by atoms with Gasteiger partial charge in [-0.25, -0.2) is 4.79 Å². The van der Waals surface area contributed by atoms with Crippen molar-refractivity contribution in [2.45, 2.75) is 25.5 Å². The van der Waals surface area contributed by atoms with E-state index in [2.05, 4.69) is 4.98 Å². The summed E-state index contributed by atoms with van der Waals surface area (Å²) in [5.74, 6) is -1.15. The summed E-state index contributed by atoms with van der Waals surface area (Å²) in [7, 11) is 0. The number of para-hydroxylation sites is 1. The number of rotatable bonds is 3. The molecule has 0 saturated carbocycles. The Morgan fingerprint density at radius 3 is 2.90 bits per heavy atom. The highest BCUT2D eigenvalue weighted by Crippen LogP contribution is 2.18. The Morgan fingerprint density at radius 1 is 1.43 bits per heavy atom.